The normalized spacial score (nSPS) is 17.6. The first kappa shape index (κ1) is 9.97. The van der Waals surface area contributed by atoms with E-state index in [1.54, 1.807) is 12.5 Å². The molecule has 0 atom stereocenters. The van der Waals surface area contributed by atoms with Crippen molar-refractivity contribution in [1.29, 1.82) is 0 Å². The number of halogens is 1. The Hall–Kier alpha value is -1.22. The zero-order chi connectivity index (χ0) is 11.0. The number of fused-ring (bicyclic) bond motifs is 1. The molecule has 3 rings (SSSR count). The fraction of sp³-hybridized carbons (Fsp3) is 0.417. The van der Waals surface area contributed by atoms with Crippen LogP contribution in [0.4, 0.5) is 5.82 Å². The molecule has 1 fully saturated rings. The summed E-state index contributed by atoms with van der Waals surface area (Å²) in [5.74, 6) is 1.61. The van der Waals surface area contributed by atoms with Crippen LogP contribution in [0.15, 0.2) is 29.0 Å². The third kappa shape index (κ3) is 1.65. The van der Waals surface area contributed by atoms with E-state index in [4.69, 9.17) is 16.0 Å². The highest BCUT2D eigenvalue weighted by atomic mass is 35.5. The molecule has 0 spiro atoms. The monoisotopic (exact) mass is 236 g/mol. The first-order valence-electron chi connectivity index (χ1n) is 5.45. The molecule has 1 aliphatic carbocycles. The highest BCUT2D eigenvalue weighted by Gasteiger charge is 2.41. The maximum Gasteiger partial charge on any atom is 0.139 e. The topological polar surface area (TPSA) is 38.1 Å². The summed E-state index contributed by atoms with van der Waals surface area (Å²) in [6.45, 7) is 0.897. The van der Waals surface area contributed by atoms with Crippen molar-refractivity contribution in [3.05, 3.63) is 24.6 Å². The fourth-order valence-electron chi connectivity index (χ4n) is 1.84. The number of furan rings is 1. The molecule has 0 aromatic carbocycles. The van der Waals surface area contributed by atoms with Gasteiger partial charge in [0.2, 0.25) is 0 Å². The predicted molar refractivity (Wildman–Crippen MR) is 64.9 cm³/mol. The molecule has 0 radical (unpaired) electrons. The van der Waals surface area contributed by atoms with Crippen LogP contribution >= 0.6 is 11.6 Å². The average molecular weight is 237 g/mol. The second kappa shape index (κ2) is 3.67. The Morgan fingerprint density at radius 1 is 1.44 bits per heavy atom. The van der Waals surface area contributed by atoms with E-state index in [0.29, 0.717) is 5.41 Å². The molecular formula is C12H13ClN2O. The predicted octanol–water partition coefficient (Wildman–Crippen LogP) is 3.26. The molecule has 84 valence electrons. The number of nitrogens with one attached hydrogen (secondary N) is 1. The third-order valence-corrected chi connectivity index (χ3v) is 3.82. The van der Waals surface area contributed by atoms with E-state index >= 15 is 0 Å². The molecule has 0 unspecified atom stereocenters. The Morgan fingerprint density at radius 3 is 3.06 bits per heavy atom. The molecule has 2 heterocycles. The standard InChI is InChI=1S/C12H13ClN2O/c13-7-12(3-4-12)8-15-11-9-2-6-16-10(9)1-5-14-11/h1-2,5-6H,3-4,7-8H2,(H,14,15). The third-order valence-electron chi connectivity index (χ3n) is 3.25. The van der Waals surface area contributed by atoms with Gasteiger partial charge in [0, 0.05) is 24.0 Å². The van der Waals surface area contributed by atoms with Crippen molar-refractivity contribution in [2.24, 2.45) is 5.41 Å². The summed E-state index contributed by atoms with van der Waals surface area (Å²) in [5, 5.41) is 4.41. The van der Waals surface area contributed by atoms with Crippen LogP contribution in [0, 0.1) is 5.41 Å². The van der Waals surface area contributed by atoms with Crippen LogP contribution in [-0.2, 0) is 0 Å². The van der Waals surface area contributed by atoms with E-state index in [-0.39, 0.29) is 0 Å². The Bertz CT molecular complexity index is 504. The summed E-state index contributed by atoms with van der Waals surface area (Å²) in [4.78, 5) is 4.33. The minimum Gasteiger partial charge on any atom is -0.464 e. The van der Waals surface area contributed by atoms with Crippen LogP contribution in [0.3, 0.4) is 0 Å². The lowest BCUT2D eigenvalue weighted by molar-refractivity contribution is 0.613. The minimum atomic E-state index is 0.301. The summed E-state index contributed by atoms with van der Waals surface area (Å²) >= 11 is 5.94. The summed E-state index contributed by atoms with van der Waals surface area (Å²) in [7, 11) is 0. The minimum absolute atomic E-state index is 0.301. The molecule has 0 aliphatic heterocycles. The smallest absolute Gasteiger partial charge is 0.139 e. The van der Waals surface area contributed by atoms with Gasteiger partial charge < -0.3 is 9.73 Å². The molecular weight excluding hydrogens is 224 g/mol. The van der Waals surface area contributed by atoms with Gasteiger partial charge in [0.1, 0.15) is 11.4 Å². The number of aromatic nitrogens is 1. The highest BCUT2D eigenvalue weighted by Crippen LogP contribution is 2.46. The second-order valence-corrected chi connectivity index (χ2v) is 4.75. The van der Waals surface area contributed by atoms with Crippen molar-refractivity contribution in [3.8, 4) is 0 Å². The van der Waals surface area contributed by atoms with Gasteiger partial charge in [-0.1, -0.05) is 0 Å². The van der Waals surface area contributed by atoms with Gasteiger partial charge in [0.05, 0.1) is 11.6 Å². The lowest BCUT2D eigenvalue weighted by atomic mass is 10.1. The first-order chi connectivity index (χ1) is 7.83. The molecule has 16 heavy (non-hydrogen) atoms. The molecule has 1 N–H and O–H groups in total. The molecule has 4 heteroatoms. The number of rotatable bonds is 4. The van der Waals surface area contributed by atoms with E-state index in [0.717, 1.165) is 29.2 Å². The van der Waals surface area contributed by atoms with Crippen LogP contribution in [0.5, 0.6) is 0 Å². The van der Waals surface area contributed by atoms with Crippen LogP contribution in [-0.4, -0.2) is 17.4 Å². The van der Waals surface area contributed by atoms with Crippen LogP contribution in [0.1, 0.15) is 12.8 Å². The number of hydrogen-bond donors (Lipinski definition) is 1. The van der Waals surface area contributed by atoms with Crippen LogP contribution in [0.2, 0.25) is 0 Å². The van der Waals surface area contributed by atoms with Gasteiger partial charge in [-0.25, -0.2) is 4.98 Å². The van der Waals surface area contributed by atoms with Gasteiger partial charge in [-0.05, 0) is 25.0 Å². The van der Waals surface area contributed by atoms with Gasteiger partial charge in [-0.15, -0.1) is 11.6 Å². The quantitative estimate of drug-likeness (QED) is 0.828. The van der Waals surface area contributed by atoms with Gasteiger partial charge in [0.25, 0.3) is 0 Å². The molecule has 0 amide bonds. The van der Waals surface area contributed by atoms with E-state index in [2.05, 4.69) is 10.3 Å². The van der Waals surface area contributed by atoms with Crippen molar-refractivity contribution in [3.63, 3.8) is 0 Å². The maximum absolute atomic E-state index is 5.94. The average Bonchev–Trinajstić information content (AvgIpc) is 2.94. The van der Waals surface area contributed by atoms with Gasteiger partial charge >= 0.3 is 0 Å². The number of pyridine rings is 1. The first-order valence-corrected chi connectivity index (χ1v) is 5.99. The Morgan fingerprint density at radius 2 is 2.31 bits per heavy atom. The molecule has 3 nitrogen and oxygen atoms in total. The number of alkyl halides is 1. The van der Waals surface area contributed by atoms with Crippen LogP contribution in [0.25, 0.3) is 11.0 Å². The Labute approximate surface area is 98.8 Å². The van der Waals surface area contributed by atoms with Crippen LogP contribution < -0.4 is 5.32 Å². The molecule has 2 aromatic heterocycles. The number of hydrogen-bond acceptors (Lipinski definition) is 3. The second-order valence-electron chi connectivity index (χ2n) is 4.48. The molecule has 1 aliphatic rings. The van der Waals surface area contributed by atoms with Crippen molar-refractivity contribution < 1.29 is 4.42 Å². The van der Waals surface area contributed by atoms with E-state index in [1.165, 1.54) is 12.8 Å². The zero-order valence-corrected chi connectivity index (χ0v) is 9.63. The maximum atomic E-state index is 5.94. The van der Waals surface area contributed by atoms with E-state index in [9.17, 15) is 0 Å². The summed E-state index contributed by atoms with van der Waals surface area (Å²) in [5.41, 5.74) is 1.17. The Balaban J connectivity index is 1.81. The van der Waals surface area contributed by atoms with Crippen molar-refractivity contribution >= 4 is 28.4 Å². The van der Waals surface area contributed by atoms with Gasteiger partial charge in [-0.3, -0.25) is 0 Å². The van der Waals surface area contributed by atoms with Crippen molar-refractivity contribution in [2.75, 3.05) is 17.7 Å². The highest BCUT2D eigenvalue weighted by molar-refractivity contribution is 6.18. The molecule has 0 saturated heterocycles. The van der Waals surface area contributed by atoms with Crippen molar-refractivity contribution in [1.82, 2.24) is 4.98 Å². The van der Waals surface area contributed by atoms with E-state index in [1.807, 2.05) is 12.1 Å². The fourth-order valence-corrected chi connectivity index (χ4v) is 2.20. The largest absolute Gasteiger partial charge is 0.464 e. The molecule has 0 bridgehead atoms. The van der Waals surface area contributed by atoms with Gasteiger partial charge in [0.15, 0.2) is 0 Å². The SMILES string of the molecule is ClCC1(CNc2nccc3occc23)CC1. The molecule has 1 saturated carbocycles. The summed E-state index contributed by atoms with van der Waals surface area (Å²) < 4.78 is 5.33. The summed E-state index contributed by atoms with van der Waals surface area (Å²) in [6.07, 6.45) is 5.87. The van der Waals surface area contributed by atoms with Crippen molar-refractivity contribution in [2.45, 2.75) is 12.8 Å². The number of nitrogens with zero attached hydrogens (tertiary/aromatic N) is 1. The lowest BCUT2D eigenvalue weighted by Crippen LogP contribution is -2.17. The van der Waals surface area contributed by atoms with E-state index < -0.39 is 0 Å². The summed E-state index contributed by atoms with van der Waals surface area (Å²) in [6, 6.07) is 3.81. The zero-order valence-electron chi connectivity index (χ0n) is 8.87. The lowest BCUT2D eigenvalue weighted by Gasteiger charge is -2.13. The van der Waals surface area contributed by atoms with Gasteiger partial charge in [-0.2, -0.15) is 0 Å². The number of anilines is 1. The molecule has 2 aromatic rings. The Kier molecular flexibility index (Phi) is 2.28.